The third-order valence-electron chi connectivity index (χ3n) is 3.07. The number of aromatic nitrogens is 1. The molecule has 0 fully saturated rings. The van der Waals surface area contributed by atoms with E-state index in [4.69, 9.17) is 4.42 Å². The Balaban J connectivity index is 2.15. The molecule has 2 heterocycles. The van der Waals surface area contributed by atoms with Crippen molar-refractivity contribution >= 4 is 44.6 Å². The van der Waals surface area contributed by atoms with E-state index in [1.807, 2.05) is 0 Å². The van der Waals surface area contributed by atoms with Gasteiger partial charge in [0.15, 0.2) is 17.6 Å². The number of hydrogen-bond acceptors (Lipinski definition) is 4. The summed E-state index contributed by atoms with van der Waals surface area (Å²) in [4.78, 5) is 15.2. The second-order valence-electron chi connectivity index (χ2n) is 4.57. The summed E-state index contributed by atoms with van der Waals surface area (Å²) >= 11 is 3.31. The van der Waals surface area contributed by atoms with E-state index in [9.17, 15) is 9.18 Å². The molecule has 0 saturated heterocycles. The van der Waals surface area contributed by atoms with Crippen molar-refractivity contribution in [2.75, 3.05) is 5.32 Å². The Bertz CT molecular complexity index is 845. The Morgan fingerprint density at radius 3 is 2.90 bits per heavy atom. The van der Waals surface area contributed by atoms with E-state index in [0.717, 1.165) is 5.56 Å². The van der Waals surface area contributed by atoms with Crippen LogP contribution >= 0.6 is 15.9 Å². The number of halogens is 2. The van der Waals surface area contributed by atoms with Crippen LogP contribution in [0.3, 0.4) is 0 Å². The van der Waals surface area contributed by atoms with Gasteiger partial charge >= 0.3 is 0 Å². The summed E-state index contributed by atoms with van der Waals surface area (Å²) in [5, 5.41) is 3.51. The summed E-state index contributed by atoms with van der Waals surface area (Å²) in [6.45, 7) is 1.80. The Morgan fingerprint density at radius 2 is 2.19 bits per heavy atom. The highest BCUT2D eigenvalue weighted by Crippen LogP contribution is 2.35. The molecule has 0 saturated carbocycles. The van der Waals surface area contributed by atoms with Gasteiger partial charge in [-0.1, -0.05) is 6.07 Å². The number of furan rings is 1. The number of benzene rings is 1. The number of anilines is 2. The Hall–Kier alpha value is -2.21. The van der Waals surface area contributed by atoms with Gasteiger partial charge < -0.3 is 9.73 Å². The van der Waals surface area contributed by atoms with E-state index < -0.39 is 5.82 Å². The van der Waals surface area contributed by atoms with Gasteiger partial charge in [-0.15, -0.1) is 0 Å². The number of rotatable bonds is 3. The lowest BCUT2D eigenvalue weighted by Crippen LogP contribution is -1.96. The second-order valence-corrected chi connectivity index (χ2v) is 5.42. The van der Waals surface area contributed by atoms with E-state index in [-0.39, 0.29) is 11.4 Å². The van der Waals surface area contributed by atoms with Gasteiger partial charge in [-0.25, -0.2) is 4.39 Å². The summed E-state index contributed by atoms with van der Waals surface area (Å²) in [6.07, 6.45) is 3.71. The molecule has 3 rings (SSSR count). The molecule has 106 valence electrons. The van der Waals surface area contributed by atoms with Crippen LogP contribution in [0.1, 0.15) is 16.1 Å². The van der Waals surface area contributed by atoms with Gasteiger partial charge in [0.1, 0.15) is 5.82 Å². The topological polar surface area (TPSA) is 55.1 Å². The third-order valence-corrected chi connectivity index (χ3v) is 3.64. The normalized spacial score (nSPS) is 10.8. The van der Waals surface area contributed by atoms with Gasteiger partial charge in [0.25, 0.3) is 0 Å². The molecule has 2 aromatic heterocycles. The molecule has 0 atom stereocenters. The smallest absolute Gasteiger partial charge is 0.191 e. The van der Waals surface area contributed by atoms with Gasteiger partial charge in [0.05, 0.1) is 21.2 Å². The molecule has 6 heteroatoms. The number of aryl methyl sites for hydroxylation is 1. The van der Waals surface area contributed by atoms with Crippen molar-refractivity contribution < 1.29 is 13.6 Å². The lowest BCUT2D eigenvalue weighted by atomic mass is 10.2. The van der Waals surface area contributed by atoms with Crippen LogP contribution in [0.4, 0.5) is 15.8 Å². The summed E-state index contributed by atoms with van der Waals surface area (Å²) in [6, 6.07) is 4.81. The van der Waals surface area contributed by atoms with E-state index in [2.05, 4.69) is 26.2 Å². The average Bonchev–Trinajstić information content (AvgIpc) is 2.81. The molecule has 0 radical (unpaired) electrons. The van der Waals surface area contributed by atoms with Crippen LogP contribution in [0.2, 0.25) is 0 Å². The Kier molecular flexibility index (Phi) is 3.47. The fourth-order valence-electron chi connectivity index (χ4n) is 2.07. The molecule has 21 heavy (non-hydrogen) atoms. The molecule has 0 bridgehead atoms. The zero-order valence-electron chi connectivity index (χ0n) is 11.0. The quantitative estimate of drug-likeness (QED) is 0.703. The first-order valence-corrected chi connectivity index (χ1v) is 6.94. The summed E-state index contributed by atoms with van der Waals surface area (Å²) in [7, 11) is 0. The lowest BCUT2D eigenvalue weighted by Gasteiger charge is -2.07. The van der Waals surface area contributed by atoms with Crippen molar-refractivity contribution in [3.05, 3.63) is 52.2 Å². The molecule has 0 amide bonds. The molecule has 0 unspecified atom stereocenters. The second kappa shape index (κ2) is 5.29. The molecular weight excluding hydrogens is 339 g/mol. The number of carbonyl (C=O) groups excluding carboxylic acids is 1. The van der Waals surface area contributed by atoms with E-state index in [1.165, 1.54) is 6.07 Å². The van der Waals surface area contributed by atoms with Crippen LogP contribution in [0.5, 0.6) is 0 Å². The predicted molar refractivity (Wildman–Crippen MR) is 81.5 cm³/mol. The first-order valence-electron chi connectivity index (χ1n) is 6.14. The molecule has 4 nitrogen and oxygen atoms in total. The van der Waals surface area contributed by atoms with Crippen molar-refractivity contribution in [2.24, 2.45) is 0 Å². The van der Waals surface area contributed by atoms with Crippen LogP contribution in [0.15, 0.2) is 39.5 Å². The maximum atomic E-state index is 14.0. The maximum Gasteiger partial charge on any atom is 0.191 e. The van der Waals surface area contributed by atoms with E-state index in [0.29, 0.717) is 27.4 Å². The summed E-state index contributed by atoms with van der Waals surface area (Å²) in [5.41, 5.74) is 1.97. The highest BCUT2D eigenvalue weighted by Gasteiger charge is 2.17. The van der Waals surface area contributed by atoms with Crippen LogP contribution in [-0.4, -0.2) is 11.3 Å². The largest absolute Gasteiger partial charge is 0.450 e. The maximum absolute atomic E-state index is 14.0. The molecule has 0 spiro atoms. The zero-order chi connectivity index (χ0) is 15.0. The van der Waals surface area contributed by atoms with Gasteiger partial charge in [0.2, 0.25) is 0 Å². The molecule has 3 aromatic rings. The van der Waals surface area contributed by atoms with Crippen LogP contribution in [-0.2, 0) is 0 Å². The van der Waals surface area contributed by atoms with Crippen molar-refractivity contribution in [1.82, 2.24) is 4.98 Å². The summed E-state index contributed by atoms with van der Waals surface area (Å²) in [5.74, 6) is -0.303. The molecule has 0 aliphatic carbocycles. The highest BCUT2D eigenvalue weighted by molar-refractivity contribution is 9.10. The van der Waals surface area contributed by atoms with E-state index in [1.54, 1.807) is 31.5 Å². The fourth-order valence-corrected chi connectivity index (χ4v) is 2.48. The molecular formula is C15H10BrFN2O2. The number of pyridine rings is 1. The van der Waals surface area contributed by atoms with Crippen molar-refractivity contribution in [3.63, 3.8) is 0 Å². The minimum atomic E-state index is -0.399. The van der Waals surface area contributed by atoms with Gasteiger partial charge in [-0.3, -0.25) is 9.78 Å². The number of fused-ring (bicyclic) bond motifs is 1. The Morgan fingerprint density at radius 1 is 1.38 bits per heavy atom. The highest BCUT2D eigenvalue weighted by atomic mass is 79.9. The van der Waals surface area contributed by atoms with Gasteiger partial charge in [0, 0.05) is 12.4 Å². The average molecular weight is 349 g/mol. The number of nitrogens with zero attached hydrogens (tertiary/aromatic N) is 1. The number of hydrogen-bond donors (Lipinski definition) is 1. The molecule has 0 aliphatic heterocycles. The fraction of sp³-hybridized carbons (Fsp3) is 0.0667. The summed E-state index contributed by atoms with van der Waals surface area (Å²) < 4.78 is 20.1. The molecule has 0 aliphatic rings. The predicted octanol–water partition coefficient (Wildman–Crippen LogP) is 4.59. The third kappa shape index (κ3) is 2.42. The van der Waals surface area contributed by atoms with Gasteiger partial charge in [-0.2, -0.15) is 0 Å². The SMILES string of the molecule is Cc1ccc(Nc2c(C=O)oc3c(Br)cncc23)c(F)c1. The van der Waals surface area contributed by atoms with Crippen LogP contribution < -0.4 is 5.32 Å². The van der Waals surface area contributed by atoms with Crippen LogP contribution in [0, 0.1) is 12.7 Å². The first-order chi connectivity index (χ1) is 10.1. The van der Waals surface area contributed by atoms with Crippen molar-refractivity contribution in [2.45, 2.75) is 6.92 Å². The van der Waals surface area contributed by atoms with Gasteiger partial charge in [-0.05, 0) is 40.5 Å². The number of aldehydes is 1. The minimum absolute atomic E-state index is 0.0960. The Labute approximate surface area is 128 Å². The van der Waals surface area contributed by atoms with Crippen molar-refractivity contribution in [1.29, 1.82) is 0 Å². The lowest BCUT2D eigenvalue weighted by molar-refractivity contribution is 0.110. The minimum Gasteiger partial charge on any atom is -0.450 e. The molecule has 1 aromatic carbocycles. The first kappa shape index (κ1) is 13.8. The molecule has 1 N–H and O–H groups in total. The zero-order valence-corrected chi connectivity index (χ0v) is 12.6. The van der Waals surface area contributed by atoms with E-state index >= 15 is 0 Å². The standard InChI is InChI=1S/C15H10BrFN2O2/c1-8-2-3-12(11(17)4-8)19-14-9-5-18-6-10(16)15(9)21-13(14)7-20/h2-7,19H,1H3. The monoisotopic (exact) mass is 348 g/mol. The van der Waals surface area contributed by atoms with Crippen LogP contribution in [0.25, 0.3) is 11.0 Å². The van der Waals surface area contributed by atoms with Crippen molar-refractivity contribution in [3.8, 4) is 0 Å². The number of carbonyl (C=O) groups is 1. The number of nitrogens with one attached hydrogen (secondary N) is 1.